The first-order valence-electron chi connectivity index (χ1n) is 8.14. The minimum absolute atomic E-state index is 0.0276. The third kappa shape index (κ3) is 3.39. The van der Waals surface area contributed by atoms with E-state index in [4.69, 9.17) is 0 Å². The molecule has 1 aliphatic carbocycles. The molecule has 0 saturated heterocycles. The molecule has 0 aliphatic heterocycles. The highest BCUT2D eigenvalue weighted by molar-refractivity contribution is 5.93. The number of hydrogen-bond donors (Lipinski definition) is 3. The fourth-order valence-electron chi connectivity index (χ4n) is 3.25. The zero-order valence-corrected chi connectivity index (χ0v) is 13.9. The molecular formula is C17H20N4O4. The smallest absolute Gasteiger partial charge is 0.270 e. The van der Waals surface area contributed by atoms with E-state index in [2.05, 4.69) is 15.3 Å². The number of aromatic amines is 1. The molecule has 0 unspecified atom stereocenters. The Morgan fingerprint density at radius 1 is 1.56 bits per heavy atom. The van der Waals surface area contributed by atoms with E-state index in [1.54, 1.807) is 12.1 Å². The predicted octanol–water partition coefficient (Wildman–Crippen LogP) is 2.27. The molecular weight excluding hydrogens is 324 g/mol. The molecule has 8 nitrogen and oxygen atoms in total. The van der Waals surface area contributed by atoms with Crippen molar-refractivity contribution >= 4 is 11.6 Å². The fourth-order valence-corrected chi connectivity index (χ4v) is 3.25. The number of nitro groups is 1. The Hall–Kier alpha value is -2.74. The minimum Gasteiger partial charge on any atom is -0.396 e. The number of amides is 1. The zero-order chi connectivity index (χ0) is 18.0. The largest absolute Gasteiger partial charge is 0.396 e. The maximum atomic E-state index is 12.5. The number of imidazole rings is 1. The van der Waals surface area contributed by atoms with Crippen LogP contribution in [0.25, 0.3) is 11.4 Å². The molecule has 0 radical (unpaired) electrons. The van der Waals surface area contributed by atoms with Crippen molar-refractivity contribution in [1.82, 2.24) is 15.3 Å². The number of H-pyrrole nitrogens is 1. The van der Waals surface area contributed by atoms with Crippen LogP contribution in [-0.4, -0.2) is 38.6 Å². The molecule has 1 aromatic carbocycles. The van der Waals surface area contributed by atoms with Gasteiger partial charge in [-0.15, -0.1) is 0 Å². The topological polar surface area (TPSA) is 121 Å². The van der Waals surface area contributed by atoms with Crippen molar-refractivity contribution in [3.05, 3.63) is 46.3 Å². The molecule has 0 spiro atoms. The summed E-state index contributed by atoms with van der Waals surface area (Å²) in [5.41, 5.74) is 0.478. The second-order valence-corrected chi connectivity index (χ2v) is 6.68. The van der Waals surface area contributed by atoms with Crippen molar-refractivity contribution in [1.29, 1.82) is 0 Å². The quantitative estimate of drug-likeness (QED) is 0.567. The number of carbonyl (C=O) groups is 1. The van der Waals surface area contributed by atoms with E-state index in [9.17, 15) is 20.0 Å². The lowest BCUT2D eigenvalue weighted by atomic mass is 9.86. The Morgan fingerprint density at radius 3 is 3.08 bits per heavy atom. The summed E-state index contributed by atoms with van der Waals surface area (Å²) in [5.74, 6) is 0.0981. The maximum Gasteiger partial charge on any atom is 0.270 e. The highest BCUT2D eigenvalue weighted by Crippen LogP contribution is 2.37. The van der Waals surface area contributed by atoms with Crippen LogP contribution in [0.4, 0.5) is 5.69 Å². The Balaban J connectivity index is 1.76. The summed E-state index contributed by atoms with van der Waals surface area (Å²) < 4.78 is 0. The predicted molar refractivity (Wildman–Crippen MR) is 91.0 cm³/mol. The molecule has 2 atom stereocenters. The van der Waals surface area contributed by atoms with Gasteiger partial charge in [-0.2, -0.15) is 0 Å². The third-order valence-electron chi connectivity index (χ3n) is 4.90. The number of nitro benzene ring substituents is 1. The van der Waals surface area contributed by atoms with Gasteiger partial charge in [0.1, 0.15) is 11.5 Å². The lowest BCUT2D eigenvalue weighted by molar-refractivity contribution is -0.384. The van der Waals surface area contributed by atoms with Gasteiger partial charge >= 0.3 is 0 Å². The number of nitrogens with one attached hydrogen (secondary N) is 2. The molecule has 0 bridgehead atoms. The first-order chi connectivity index (χ1) is 11.9. The average molecular weight is 344 g/mol. The summed E-state index contributed by atoms with van der Waals surface area (Å²) in [4.78, 5) is 29.9. The number of benzene rings is 1. The van der Waals surface area contributed by atoms with Gasteiger partial charge in [0, 0.05) is 29.2 Å². The van der Waals surface area contributed by atoms with Crippen LogP contribution in [0.5, 0.6) is 0 Å². The molecule has 2 aromatic rings. The Kier molecular flexibility index (Phi) is 4.54. The van der Waals surface area contributed by atoms with Gasteiger partial charge in [-0.05, 0) is 12.8 Å². The summed E-state index contributed by atoms with van der Waals surface area (Å²) in [6, 6.07) is 5.97. The van der Waals surface area contributed by atoms with Crippen LogP contribution in [-0.2, 0) is 0 Å². The van der Waals surface area contributed by atoms with Gasteiger partial charge in [-0.25, -0.2) is 4.98 Å². The monoisotopic (exact) mass is 344 g/mol. The number of aliphatic hydroxyl groups excluding tert-OH is 1. The van der Waals surface area contributed by atoms with Gasteiger partial charge < -0.3 is 15.4 Å². The summed E-state index contributed by atoms with van der Waals surface area (Å²) in [7, 11) is 0. The summed E-state index contributed by atoms with van der Waals surface area (Å²) in [6.45, 7) is 1.99. The van der Waals surface area contributed by atoms with Crippen molar-refractivity contribution < 1.29 is 14.8 Å². The number of aliphatic hydroxyl groups is 1. The van der Waals surface area contributed by atoms with Crippen LogP contribution >= 0.6 is 0 Å². The maximum absolute atomic E-state index is 12.5. The molecule has 1 aromatic heterocycles. The van der Waals surface area contributed by atoms with Gasteiger partial charge in [0.05, 0.1) is 17.7 Å². The molecule has 8 heteroatoms. The Bertz CT molecular complexity index is 803. The fraction of sp³-hybridized carbons (Fsp3) is 0.412. The molecule has 1 saturated carbocycles. The SMILES string of the molecule is C[C@]1(CO)CCC[C@H]1NC(=O)c1cnc(-c2cccc([N+](=O)[O-])c2)[nH]1. The Morgan fingerprint density at radius 2 is 2.36 bits per heavy atom. The van der Waals surface area contributed by atoms with Crippen LogP contribution in [0, 0.1) is 15.5 Å². The summed E-state index contributed by atoms with van der Waals surface area (Å²) in [6.07, 6.45) is 4.07. The number of rotatable bonds is 5. The number of non-ortho nitro benzene ring substituents is 1. The molecule has 132 valence electrons. The molecule has 1 fully saturated rings. The molecule has 1 heterocycles. The van der Waals surface area contributed by atoms with E-state index < -0.39 is 4.92 Å². The van der Waals surface area contributed by atoms with Crippen LogP contribution in [0.1, 0.15) is 36.7 Å². The third-order valence-corrected chi connectivity index (χ3v) is 4.90. The van der Waals surface area contributed by atoms with Crippen molar-refractivity contribution in [3.63, 3.8) is 0 Å². The van der Waals surface area contributed by atoms with Gasteiger partial charge in [0.25, 0.3) is 11.6 Å². The first kappa shape index (κ1) is 17.1. The lowest BCUT2D eigenvalue weighted by Gasteiger charge is -2.29. The average Bonchev–Trinajstić information content (AvgIpc) is 3.23. The number of carbonyl (C=O) groups excluding carboxylic acids is 1. The summed E-state index contributed by atoms with van der Waals surface area (Å²) in [5, 5.41) is 23.4. The van der Waals surface area contributed by atoms with Crippen LogP contribution in [0.3, 0.4) is 0 Å². The van der Waals surface area contributed by atoms with Crippen LogP contribution in [0.15, 0.2) is 30.5 Å². The number of aromatic nitrogens is 2. The van der Waals surface area contributed by atoms with E-state index in [1.807, 2.05) is 6.92 Å². The van der Waals surface area contributed by atoms with E-state index in [0.717, 1.165) is 19.3 Å². The van der Waals surface area contributed by atoms with Crippen LogP contribution < -0.4 is 5.32 Å². The molecule has 1 aliphatic rings. The van der Waals surface area contributed by atoms with E-state index in [-0.39, 0.29) is 35.4 Å². The molecule has 25 heavy (non-hydrogen) atoms. The standard InChI is InChI=1S/C17H20N4O4/c1-17(10-22)7-3-6-14(17)20-16(23)13-9-18-15(19-13)11-4-2-5-12(8-11)21(24)25/h2,4-5,8-9,14,22H,3,6-7,10H2,1H3,(H,18,19)(H,20,23)/t14-,17-/m1/s1. The number of nitrogens with zero attached hydrogens (tertiary/aromatic N) is 2. The van der Waals surface area contributed by atoms with Crippen molar-refractivity contribution in [3.8, 4) is 11.4 Å². The molecule has 1 amide bonds. The molecule has 3 N–H and O–H groups in total. The van der Waals surface area contributed by atoms with Crippen LogP contribution in [0.2, 0.25) is 0 Å². The Labute approximate surface area is 144 Å². The van der Waals surface area contributed by atoms with Crippen molar-refractivity contribution in [2.45, 2.75) is 32.2 Å². The number of hydrogen-bond acceptors (Lipinski definition) is 5. The first-order valence-corrected chi connectivity index (χ1v) is 8.14. The second kappa shape index (κ2) is 6.64. The molecule has 3 rings (SSSR count). The summed E-state index contributed by atoms with van der Waals surface area (Å²) >= 11 is 0. The van der Waals surface area contributed by atoms with Crippen molar-refractivity contribution in [2.75, 3.05) is 6.61 Å². The second-order valence-electron chi connectivity index (χ2n) is 6.68. The zero-order valence-electron chi connectivity index (χ0n) is 13.9. The van der Waals surface area contributed by atoms with Gasteiger partial charge in [0.2, 0.25) is 0 Å². The van der Waals surface area contributed by atoms with Gasteiger partial charge in [0.15, 0.2) is 0 Å². The normalized spacial score (nSPS) is 22.7. The van der Waals surface area contributed by atoms with Gasteiger partial charge in [-0.3, -0.25) is 14.9 Å². The van der Waals surface area contributed by atoms with Crippen molar-refractivity contribution in [2.24, 2.45) is 5.41 Å². The minimum atomic E-state index is -0.476. The van der Waals surface area contributed by atoms with E-state index in [0.29, 0.717) is 11.4 Å². The highest BCUT2D eigenvalue weighted by atomic mass is 16.6. The highest BCUT2D eigenvalue weighted by Gasteiger charge is 2.39. The lowest BCUT2D eigenvalue weighted by Crippen LogP contribution is -2.44. The van der Waals surface area contributed by atoms with E-state index >= 15 is 0 Å². The van der Waals surface area contributed by atoms with Gasteiger partial charge in [-0.1, -0.05) is 25.5 Å². The van der Waals surface area contributed by atoms with E-state index in [1.165, 1.54) is 18.3 Å².